The second kappa shape index (κ2) is 6.37. The summed E-state index contributed by atoms with van der Waals surface area (Å²) in [6.07, 6.45) is 1.53. The monoisotopic (exact) mass is 341 g/mol. The van der Waals surface area contributed by atoms with Crippen molar-refractivity contribution in [1.82, 2.24) is 15.1 Å². The highest BCUT2D eigenvalue weighted by atomic mass is 32.1. The Balaban J connectivity index is 1.41. The van der Waals surface area contributed by atoms with Crippen molar-refractivity contribution in [3.63, 3.8) is 0 Å². The van der Waals surface area contributed by atoms with Crippen LogP contribution in [0.3, 0.4) is 0 Å². The predicted octanol–water partition coefficient (Wildman–Crippen LogP) is 2.23. The topological polar surface area (TPSA) is 52.7 Å². The molecule has 1 N–H and O–H groups in total. The Kier molecular flexibility index (Phi) is 4.08. The first-order valence-electron chi connectivity index (χ1n) is 8.14. The predicted molar refractivity (Wildman–Crippen MR) is 92.6 cm³/mol. The zero-order valence-corrected chi connectivity index (χ0v) is 14.1. The second-order valence-corrected chi connectivity index (χ2v) is 7.27. The Hall–Kier alpha value is -2.18. The van der Waals surface area contributed by atoms with Crippen molar-refractivity contribution in [2.24, 2.45) is 0 Å². The van der Waals surface area contributed by atoms with Gasteiger partial charge in [-0.3, -0.25) is 9.69 Å². The Morgan fingerprint density at radius 2 is 2.00 bits per heavy atom. The van der Waals surface area contributed by atoms with Crippen LogP contribution in [0.2, 0.25) is 0 Å². The largest absolute Gasteiger partial charge is 0.325 e. The molecule has 6 heteroatoms. The van der Waals surface area contributed by atoms with Gasteiger partial charge in [0.15, 0.2) is 0 Å². The normalized spacial score (nSPS) is 21.0. The standard InChI is InChI=1S/C18H19N3O2S/c22-17-15(10-13-4-2-1-3-5-13)19-18(23)21(17)12-20-8-6-16-14(11-20)7-9-24-16/h1-5,7,9,15H,6,8,10-12H2,(H,19,23)/t15-/m1/s1. The van der Waals surface area contributed by atoms with Crippen LogP contribution in [0.15, 0.2) is 41.8 Å². The van der Waals surface area contributed by atoms with E-state index in [1.807, 2.05) is 30.3 Å². The first-order valence-corrected chi connectivity index (χ1v) is 9.02. The number of hydrogen-bond donors (Lipinski definition) is 1. The Morgan fingerprint density at radius 3 is 2.83 bits per heavy atom. The van der Waals surface area contributed by atoms with Crippen LogP contribution in [0.1, 0.15) is 16.0 Å². The van der Waals surface area contributed by atoms with Gasteiger partial charge in [0, 0.05) is 24.4 Å². The molecule has 2 aromatic rings. The molecule has 0 aliphatic carbocycles. The number of nitrogens with one attached hydrogen (secondary N) is 1. The van der Waals surface area contributed by atoms with Crippen LogP contribution in [0.25, 0.3) is 0 Å². The summed E-state index contributed by atoms with van der Waals surface area (Å²) < 4.78 is 0. The third kappa shape index (κ3) is 2.95. The van der Waals surface area contributed by atoms with E-state index >= 15 is 0 Å². The summed E-state index contributed by atoms with van der Waals surface area (Å²) in [5.41, 5.74) is 2.37. The molecule has 2 aliphatic heterocycles. The van der Waals surface area contributed by atoms with E-state index < -0.39 is 6.04 Å². The van der Waals surface area contributed by atoms with Gasteiger partial charge in [0.1, 0.15) is 6.04 Å². The van der Waals surface area contributed by atoms with Crippen molar-refractivity contribution >= 4 is 23.3 Å². The van der Waals surface area contributed by atoms with Gasteiger partial charge in [0.2, 0.25) is 0 Å². The zero-order chi connectivity index (χ0) is 16.5. The molecular formula is C18H19N3O2S. The lowest BCUT2D eigenvalue weighted by Crippen LogP contribution is -2.43. The molecule has 0 saturated carbocycles. The molecule has 1 fully saturated rings. The van der Waals surface area contributed by atoms with Crippen molar-refractivity contribution in [2.75, 3.05) is 13.2 Å². The summed E-state index contributed by atoms with van der Waals surface area (Å²) >= 11 is 1.79. The lowest BCUT2D eigenvalue weighted by molar-refractivity contribution is -0.129. The molecular weight excluding hydrogens is 322 g/mol. The maximum Gasteiger partial charge on any atom is 0.325 e. The summed E-state index contributed by atoms with van der Waals surface area (Å²) in [5, 5.41) is 4.93. The van der Waals surface area contributed by atoms with Crippen molar-refractivity contribution in [1.29, 1.82) is 0 Å². The number of fused-ring (bicyclic) bond motifs is 1. The number of rotatable bonds is 4. The molecule has 0 radical (unpaired) electrons. The number of benzene rings is 1. The molecule has 1 aromatic heterocycles. The fourth-order valence-electron chi connectivity index (χ4n) is 3.33. The van der Waals surface area contributed by atoms with Crippen molar-refractivity contribution < 1.29 is 9.59 Å². The van der Waals surface area contributed by atoms with E-state index in [4.69, 9.17) is 0 Å². The highest BCUT2D eigenvalue weighted by Crippen LogP contribution is 2.24. The van der Waals surface area contributed by atoms with Crippen LogP contribution in [-0.4, -0.2) is 41.0 Å². The molecule has 3 amide bonds. The van der Waals surface area contributed by atoms with Gasteiger partial charge in [0.05, 0.1) is 6.67 Å². The smallest absolute Gasteiger partial charge is 0.325 e. The fraction of sp³-hybridized carbons (Fsp3) is 0.333. The van der Waals surface area contributed by atoms with Gasteiger partial charge < -0.3 is 5.32 Å². The van der Waals surface area contributed by atoms with Crippen LogP contribution in [-0.2, 0) is 24.2 Å². The third-order valence-corrected chi connectivity index (χ3v) is 5.64. The SMILES string of the molecule is O=C1N[C@H](Cc2ccccc2)C(=O)N1CN1CCc2sccc2C1. The minimum absolute atomic E-state index is 0.125. The zero-order valence-electron chi connectivity index (χ0n) is 13.3. The summed E-state index contributed by atoms with van der Waals surface area (Å²) in [7, 11) is 0. The van der Waals surface area contributed by atoms with Crippen LogP contribution in [0, 0.1) is 0 Å². The first kappa shape index (κ1) is 15.4. The molecule has 0 unspecified atom stereocenters. The molecule has 1 saturated heterocycles. The van der Waals surface area contributed by atoms with Crippen molar-refractivity contribution in [3.8, 4) is 0 Å². The van der Waals surface area contributed by atoms with Gasteiger partial charge in [-0.25, -0.2) is 9.69 Å². The molecule has 2 aliphatic rings. The van der Waals surface area contributed by atoms with Crippen molar-refractivity contribution in [2.45, 2.75) is 25.4 Å². The average Bonchev–Trinajstić information content (AvgIpc) is 3.16. The minimum Gasteiger partial charge on any atom is -0.325 e. The van der Waals surface area contributed by atoms with E-state index in [-0.39, 0.29) is 11.9 Å². The van der Waals surface area contributed by atoms with E-state index in [1.165, 1.54) is 15.3 Å². The third-order valence-electron chi connectivity index (χ3n) is 4.62. The van der Waals surface area contributed by atoms with Gasteiger partial charge in [-0.15, -0.1) is 11.3 Å². The summed E-state index contributed by atoms with van der Waals surface area (Å²) in [5.74, 6) is -0.125. The first-order chi connectivity index (χ1) is 11.7. The summed E-state index contributed by atoms with van der Waals surface area (Å²) in [6, 6.07) is 11.2. The van der Waals surface area contributed by atoms with E-state index in [0.29, 0.717) is 13.1 Å². The number of amides is 3. The number of carbonyl (C=O) groups excluding carboxylic acids is 2. The lowest BCUT2D eigenvalue weighted by Gasteiger charge is -2.29. The molecule has 0 bridgehead atoms. The summed E-state index contributed by atoms with van der Waals surface area (Å²) in [6.45, 7) is 2.05. The van der Waals surface area contributed by atoms with E-state index in [2.05, 4.69) is 21.7 Å². The summed E-state index contributed by atoms with van der Waals surface area (Å²) in [4.78, 5) is 29.8. The highest BCUT2D eigenvalue weighted by molar-refractivity contribution is 7.10. The van der Waals surface area contributed by atoms with Gasteiger partial charge in [-0.2, -0.15) is 0 Å². The Bertz CT molecular complexity index is 759. The van der Waals surface area contributed by atoms with E-state index in [0.717, 1.165) is 25.1 Å². The number of hydrogen-bond acceptors (Lipinski definition) is 4. The number of imide groups is 1. The van der Waals surface area contributed by atoms with Gasteiger partial charge in [-0.1, -0.05) is 30.3 Å². The Labute approximate surface area is 144 Å². The number of urea groups is 1. The van der Waals surface area contributed by atoms with Crippen molar-refractivity contribution in [3.05, 3.63) is 57.8 Å². The highest BCUT2D eigenvalue weighted by Gasteiger charge is 2.38. The molecule has 4 rings (SSSR count). The van der Waals surface area contributed by atoms with Gasteiger partial charge in [-0.05, 0) is 29.0 Å². The van der Waals surface area contributed by atoms with Crippen LogP contribution < -0.4 is 5.32 Å². The molecule has 1 atom stereocenters. The molecule has 1 aromatic carbocycles. The Morgan fingerprint density at radius 1 is 1.17 bits per heavy atom. The van der Waals surface area contributed by atoms with Crippen LogP contribution >= 0.6 is 11.3 Å². The number of carbonyl (C=O) groups is 2. The average molecular weight is 341 g/mol. The number of nitrogens with zero attached hydrogens (tertiary/aromatic N) is 2. The molecule has 24 heavy (non-hydrogen) atoms. The van der Waals surface area contributed by atoms with Gasteiger partial charge in [0.25, 0.3) is 5.91 Å². The molecule has 3 heterocycles. The maximum atomic E-state index is 12.6. The van der Waals surface area contributed by atoms with E-state index in [1.54, 1.807) is 11.3 Å². The van der Waals surface area contributed by atoms with Gasteiger partial charge >= 0.3 is 6.03 Å². The number of thiophene rings is 1. The lowest BCUT2D eigenvalue weighted by atomic mass is 10.1. The molecule has 0 spiro atoms. The molecule has 5 nitrogen and oxygen atoms in total. The van der Waals surface area contributed by atoms with Crippen LogP contribution in [0.4, 0.5) is 4.79 Å². The maximum absolute atomic E-state index is 12.6. The van der Waals surface area contributed by atoms with Crippen LogP contribution in [0.5, 0.6) is 0 Å². The quantitative estimate of drug-likeness (QED) is 0.868. The van der Waals surface area contributed by atoms with E-state index in [9.17, 15) is 9.59 Å². The minimum atomic E-state index is -0.457. The molecule has 124 valence electrons. The fourth-order valence-corrected chi connectivity index (χ4v) is 4.22. The second-order valence-electron chi connectivity index (χ2n) is 6.27.